The summed E-state index contributed by atoms with van der Waals surface area (Å²) in [7, 11) is 0. The number of urea groups is 1. The number of nitrogens with one attached hydrogen (secondary N) is 2. The second kappa shape index (κ2) is 4.82. The molecule has 0 atom stereocenters. The van der Waals surface area contributed by atoms with Crippen LogP contribution in [0.5, 0.6) is 0 Å². The topological polar surface area (TPSA) is 41.1 Å². The molecule has 1 saturated heterocycles. The Morgan fingerprint density at radius 1 is 1.00 bits per heavy atom. The smallest absolute Gasteiger partial charge is 0.314 e. The quantitative estimate of drug-likeness (QED) is 0.720. The van der Waals surface area contributed by atoms with Gasteiger partial charge in [-0.15, -0.1) is 0 Å². The summed E-state index contributed by atoms with van der Waals surface area (Å²) in [5.41, 5.74) is 1.37. The molecule has 0 spiro atoms. The molecule has 0 bridgehead atoms. The lowest BCUT2D eigenvalue weighted by molar-refractivity contribution is 0.238. The first-order chi connectivity index (χ1) is 7.36. The molecule has 1 aromatic carbocycles. The van der Waals surface area contributed by atoms with Crippen LogP contribution < -0.4 is 10.6 Å². The van der Waals surface area contributed by atoms with Gasteiger partial charge in [0.2, 0.25) is 0 Å². The third kappa shape index (κ3) is 2.72. The monoisotopic (exact) mass is 204 g/mol. The SMILES string of the molecule is O=C1NCCC(c2ccccc2)CCN1. The third-order valence-corrected chi connectivity index (χ3v) is 2.83. The van der Waals surface area contributed by atoms with E-state index in [9.17, 15) is 4.79 Å². The summed E-state index contributed by atoms with van der Waals surface area (Å²) in [6.45, 7) is 1.51. The first-order valence-corrected chi connectivity index (χ1v) is 5.43. The normalized spacial score (nSPS) is 18.5. The van der Waals surface area contributed by atoms with E-state index < -0.39 is 0 Å². The van der Waals surface area contributed by atoms with Gasteiger partial charge in [-0.05, 0) is 24.3 Å². The predicted molar refractivity (Wildman–Crippen MR) is 59.8 cm³/mol. The van der Waals surface area contributed by atoms with Gasteiger partial charge in [0.15, 0.2) is 0 Å². The largest absolute Gasteiger partial charge is 0.338 e. The zero-order chi connectivity index (χ0) is 10.5. The molecule has 1 aliphatic heterocycles. The maximum absolute atomic E-state index is 11.1. The Bertz CT molecular complexity index is 312. The molecule has 3 nitrogen and oxygen atoms in total. The lowest BCUT2D eigenvalue weighted by atomic mass is 9.92. The molecule has 3 heteroatoms. The fourth-order valence-electron chi connectivity index (χ4n) is 1.99. The number of carbonyl (C=O) groups excluding carboxylic acids is 1. The second-order valence-electron chi connectivity index (χ2n) is 3.87. The molecular formula is C12H16N2O. The van der Waals surface area contributed by atoms with E-state index in [0.29, 0.717) is 5.92 Å². The van der Waals surface area contributed by atoms with Crippen molar-refractivity contribution in [1.29, 1.82) is 0 Å². The summed E-state index contributed by atoms with van der Waals surface area (Å²) < 4.78 is 0. The summed E-state index contributed by atoms with van der Waals surface area (Å²) in [6, 6.07) is 10.5. The highest BCUT2D eigenvalue weighted by atomic mass is 16.2. The molecule has 80 valence electrons. The Balaban J connectivity index is 2.01. The summed E-state index contributed by atoms with van der Waals surface area (Å²) >= 11 is 0. The van der Waals surface area contributed by atoms with Crippen molar-refractivity contribution in [3.63, 3.8) is 0 Å². The van der Waals surface area contributed by atoms with Crippen molar-refractivity contribution < 1.29 is 4.79 Å². The van der Waals surface area contributed by atoms with Gasteiger partial charge in [-0.3, -0.25) is 0 Å². The van der Waals surface area contributed by atoms with Gasteiger partial charge < -0.3 is 10.6 Å². The summed E-state index contributed by atoms with van der Waals surface area (Å²) in [4.78, 5) is 11.1. The van der Waals surface area contributed by atoms with E-state index >= 15 is 0 Å². The highest BCUT2D eigenvalue weighted by molar-refractivity contribution is 5.73. The molecular weight excluding hydrogens is 188 g/mol. The van der Waals surface area contributed by atoms with Crippen LogP contribution >= 0.6 is 0 Å². The van der Waals surface area contributed by atoms with Crippen molar-refractivity contribution in [2.75, 3.05) is 13.1 Å². The van der Waals surface area contributed by atoms with Crippen LogP contribution in [0.25, 0.3) is 0 Å². The Morgan fingerprint density at radius 2 is 1.60 bits per heavy atom. The van der Waals surface area contributed by atoms with E-state index in [-0.39, 0.29) is 6.03 Å². The van der Waals surface area contributed by atoms with Crippen molar-refractivity contribution in [3.05, 3.63) is 35.9 Å². The zero-order valence-corrected chi connectivity index (χ0v) is 8.70. The van der Waals surface area contributed by atoms with E-state index in [4.69, 9.17) is 0 Å². The van der Waals surface area contributed by atoms with Crippen LogP contribution in [0.4, 0.5) is 4.79 Å². The van der Waals surface area contributed by atoms with Crippen LogP contribution in [0.15, 0.2) is 30.3 Å². The molecule has 1 aromatic rings. The molecule has 0 aromatic heterocycles. The van der Waals surface area contributed by atoms with Crippen molar-refractivity contribution in [3.8, 4) is 0 Å². The van der Waals surface area contributed by atoms with Gasteiger partial charge in [0.25, 0.3) is 0 Å². The highest BCUT2D eigenvalue weighted by Crippen LogP contribution is 2.22. The van der Waals surface area contributed by atoms with Crippen molar-refractivity contribution >= 4 is 6.03 Å². The molecule has 1 fully saturated rings. The maximum Gasteiger partial charge on any atom is 0.314 e. The minimum absolute atomic E-state index is 0.0403. The third-order valence-electron chi connectivity index (χ3n) is 2.83. The molecule has 2 amide bonds. The molecule has 15 heavy (non-hydrogen) atoms. The van der Waals surface area contributed by atoms with Crippen LogP contribution in [0.3, 0.4) is 0 Å². The standard InChI is InChI=1S/C12H16N2O/c15-12-13-8-6-11(7-9-14-12)10-4-2-1-3-5-10/h1-5,11H,6-9H2,(H2,13,14,15). The number of amides is 2. The van der Waals surface area contributed by atoms with E-state index in [1.807, 2.05) is 6.07 Å². The number of hydrogen-bond acceptors (Lipinski definition) is 1. The van der Waals surface area contributed by atoms with E-state index in [1.54, 1.807) is 0 Å². The van der Waals surface area contributed by atoms with Gasteiger partial charge in [-0.2, -0.15) is 0 Å². The van der Waals surface area contributed by atoms with Crippen LogP contribution in [0.1, 0.15) is 24.3 Å². The Hall–Kier alpha value is -1.51. The number of benzene rings is 1. The van der Waals surface area contributed by atoms with E-state index in [2.05, 4.69) is 34.9 Å². The predicted octanol–water partition coefficient (Wildman–Crippen LogP) is 1.86. The van der Waals surface area contributed by atoms with Crippen molar-refractivity contribution in [1.82, 2.24) is 10.6 Å². The lowest BCUT2D eigenvalue weighted by Gasteiger charge is -2.21. The molecule has 0 saturated carbocycles. The van der Waals surface area contributed by atoms with Gasteiger partial charge in [-0.25, -0.2) is 4.79 Å². The van der Waals surface area contributed by atoms with Gasteiger partial charge >= 0.3 is 6.03 Å². The molecule has 1 aliphatic rings. The molecule has 0 radical (unpaired) electrons. The fraction of sp³-hybridized carbons (Fsp3) is 0.417. The average molecular weight is 204 g/mol. The summed E-state index contributed by atoms with van der Waals surface area (Å²) in [5.74, 6) is 0.555. The van der Waals surface area contributed by atoms with Gasteiger partial charge in [-0.1, -0.05) is 30.3 Å². The van der Waals surface area contributed by atoms with Crippen LogP contribution in [-0.4, -0.2) is 19.1 Å². The molecule has 0 aliphatic carbocycles. The molecule has 2 rings (SSSR count). The van der Waals surface area contributed by atoms with Crippen LogP contribution in [-0.2, 0) is 0 Å². The average Bonchev–Trinajstić information content (AvgIpc) is 2.24. The highest BCUT2D eigenvalue weighted by Gasteiger charge is 2.14. The Labute approximate surface area is 89.9 Å². The number of hydrogen-bond donors (Lipinski definition) is 2. The number of carbonyl (C=O) groups is 1. The van der Waals surface area contributed by atoms with Crippen molar-refractivity contribution in [2.24, 2.45) is 0 Å². The minimum atomic E-state index is -0.0403. The zero-order valence-electron chi connectivity index (χ0n) is 8.70. The second-order valence-corrected chi connectivity index (χ2v) is 3.87. The molecule has 2 N–H and O–H groups in total. The minimum Gasteiger partial charge on any atom is -0.338 e. The first-order valence-electron chi connectivity index (χ1n) is 5.43. The first kappa shape index (κ1) is 10.0. The Kier molecular flexibility index (Phi) is 3.22. The molecule has 0 unspecified atom stereocenters. The maximum atomic E-state index is 11.1. The van der Waals surface area contributed by atoms with Gasteiger partial charge in [0.1, 0.15) is 0 Å². The fourth-order valence-corrected chi connectivity index (χ4v) is 1.99. The van der Waals surface area contributed by atoms with E-state index in [1.165, 1.54) is 5.56 Å². The van der Waals surface area contributed by atoms with Crippen LogP contribution in [0, 0.1) is 0 Å². The van der Waals surface area contributed by atoms with Crippen LogP contribution in [0.2, 0.25) is 0 Å². The number of rotatable bonds is 1. The van der Waals surface area contributed by atoms with Crippen molar-refractivity contribution in [2.45, 2.75) is 18.8 Å². The van der Waals surface area contributed by atoms with Gasteiger partial charge in [0.05, 0.1) is 0 Å². The van der Waals surface area contributed by atoms with Gasteiger partial charge in [0, 0.05) is 13.1 Å². The Morgan fingerprint density at radius 3 is 2.20 bits per heavy atom. The molecule has 1 heterocycles. The summed E-state index contributed by atoms with van der Waals surface area (Å²) in [5, 5.41) is 5.67. The lowest BCUT2D eigenvalue weighted by Crippen LogP contribution is -2.39. The summed E-state index contributed by atoms with van der Waals surface area (Å²) in [6.07, 6.45) is 2.05. The van der Waals surface area contributed by atoms with E-state index in [0.717, 1.165) is 25.9 Å².